The molecule has 5 N–H and O–H groups in total. The SMILES string of the molecule is Cc1ccc(N(C(=O)c2snc(C(N)=O)c2N)[C@H](C(=O)NCc2ccccc2)c2ccc(Cl)cc2)cc1. The molecule has 4 rings (SSSR count). The first-order valence-corrected chi connectivity index (χ1v) is 12.4. The molecule has 3 aromatic carbocycles. The molecule has 8 nitrogen and oxygen atoms in total. The van der Waals surface area contributed by atoms with Gasteiger partial charge in [-0.05, 0) is 53.8 Å². The summed E-state index contributed by atoms with van der Waals surface area (Å²) in [6.45, 7) is 2.17. The normalized spacial score (nSPS) is 11.5. The highest BCUT2D eigenvalue weighted by atomic mass is 35.5. The molecule has 10 heteroatoms. The number of primary amides is 1. The number of hydrogen-bond donors (Lipinski definition) is 3. The average molecular weight is 534 g/mol. The van der Waals surface area contributed by atoms with Gasteiger partial charge in [0.25, 0.3) is 11.8 Å². The van der Waals surface area contributed by atoms with Crippen LogP contribution in [0.2, 0.25) is 5.02 Å². The Kier molecular flexibility index (Phi) is 7.86. The second kappa shape index (κ2) is 11.2. The zero-order valence-electron chi connectivity index (χ0n) is 19.9. The van der Waals surface area contributed by atoms with Gasteiger partial charge < -0.3 is 16.8 Å². The first-order chi connectivity index (χ1) is 17.8. The lowest BCUT2D eigenvalue weighted by Gasteiger charge is -2.31. The monoisotopic (exact) mass is 533 g/mol. The van der Waals surface area contributed by atoms with E-state index in [1.165, 1.54) is 4.90 Å². The third-order valence-electron chi connectivity index (χ3n) is 5.69. The van der Waals surface area contributed by atoms with Crippen LogP contribution in [0.1, 0.15) is 42.9 Å². The van der Waals surface area contributed by atoms with Gasteiger partial charge in [0.1, 0.15) is 10.9 Å². The molecule has 188 valence electrons. The van der Waals surface area contributed by atoms with E-state index in [1.807, 2.05) is 49.4 Å². The molecule has 4 aromatic rings. The molecule has 1 heterocycles. The summed E-state index contributed by atoms with van der Waals surface area (Å²) in [5.74, 6) is -1.86. The van der Waals surface area contributed by atoms with E-state index in [0.717, 1.165) is 22.7 Å². The lowest BCUT2D eigenvalue weighted by molar-refractivity contribution is -0.122. The van der Waals surface area contributed by atoms with E-state index in [0.29, 0.717) is 16.3 Å². The van der Waals surface area contributed by atoms with Crippen molar-refractivity contribution in [2.75, 3.05) is 10.6 Å². The van der Waals surface area contributed by atoms with Crippen LogP contribution in [-0.2, 0) is 11.3 Å². The molecule has 0 radical (unpaired) electrons. The van der Waals surface area contributed by atoms with Crippen LogP contribution in [0.4, 0.5) is 11.4 Å². The van der Waals surface area contributed by atoms with Crippen LogP contribution < -0.4 is 21.7 Å². The van der Waals surface area contributed by atoms with Crippen molar-refractivity contribution in [2.45, 2.75) is 19.5 Å². The van der Waals surface area contributed by atoms with Gasteiger partial charge in [-0.3, -0.25) is 19.3 Å². The van der Waals surface area contributed by atoms with Gasteiger partial charge in [-0.25, -0.2) is 0 Å². The number of carbonyl (C=O) groups excluding carboxylic acids is 3. The van der Waals surface area contributed by atoms with Gasteiger partial charge in [0.15, 0.2) is 5.69 Å². The summed E-state index contributed by atoms with van der Waals surface area (Å²) in [5, 5.41) is 3.42. The first-order valence-electron chi connectivity index (χ1n) is 11.3. The molecule has 0 aliphatic rings. The van der Waals surface area contributed by atoms with E-state index >= 15 is 0 Å². The van der Waals surface area contributed by atoms with Gasteiger partial charge in [0.05, 0.1) is 5.69 Å². The van der Waals surface area contributed by atoms with Gasteiger partial charge in [0, 0.05) is 17.3 Å². The number of rotatable bonds is 8. The van der Waals surface area contributed by atoms with E-state index in [4.69, 9.17) is 23.1 Å². The Labute approximate surface area is 223 Å². The lowest BCUT2D eigenvalue weighted by atomic mass is 10.0. The van der Waals surface area contributed by atoms with E-state index in [9.17, 15) is 14.4 Å². The number of nitrogens with two attached hydrogens (primary N) is 2. The molecule has 0 unspecified atom stereocenters. The van der Waals surface area contributed by atoms with Crippen LogP contribution in [0, 0.1) is 6.92 Å². The molecular weight excluding hydrogens is 510 g/mol. The Morgan fingerprint density at radius 1 is 1.00 bits per heavy atom. The second-order valence-electron chi connectivity index (χ2n) is 8.31. The molecule has 0 saturated heterocycles. The highest BCUT2D eigenvalue weighted by molar-refractivity contribution is 7.09. The minimum atomic E-state index is -1.09. The molecule has 0 saturated carbocycles. The summed E-state index contributed by atoms with van der Waals surface area (Å²) in [4.78, 5) is 40.9. The van der Waals surface area contributed by atoms with E-state index in [-0.39, 0.29) is 22.8 Å². The summed E-state index contributed by atoms with van der Waals surface area (Å²) in [6, 6.07) is 22.2. The number of benzene rings is 3. The van der Waals surface area contributed by atoms with Crippen molar-refractivity contribution in [3.8, 4) is 0 Å². The molecule has 1 aromatic heterocycles. The molecule has 0 fully saturated rings. The number of carbonyl (C=O) groups is 3. The van der Waals surface area contributed by atoms with Crippen molar-refractivity contribution in [3.05, 3.63) is 111 Å². The lowest BCUT2D eigenvalue weighted by Crippen LogP contribution is -2.44. The highest BCUT2D eigenvalue weighted by Crippen LogP contribution is 2.33. The topological polar surface area (TPSA) is 131 Å². The van der Waals surface area contributed by atoms with Crippen LogP contribution in [0.3, 0.4) is 0 Å². The molecule has 37 heavy (non-hydrogen) atoms. The average Bonchev–Trinajstić information content (AvgIpc) is 3.29. The Morgan fingerprint density at radius 3 is 2.24 bits per heavy atom. The predicted octanol–water partition coefficient (Wildman–Crippen LogP) is 4.49. The minimum Gasteiger partial charge on any atom is -0.395 e. The largest absolute Gasteiger partial charge is 0.395 e. The van der Waals surface area contributed by atoms with Gasteiger partial charge >= 0.3 is 0 Å². The smallest absolute Gasteiger partial charge is 0.273 e. The van der Waals surface area contributed by atoms with Crippen molar-refractivity contribution in [2.24, 2.45) is 5.73 Å². The third-order valence-corrected chi connectivity index (χ3v) is 6.79. The molecule has 1 atom stereocenters. The summed E-state index contributed by atoms with van der Waals surface area (Å²) in [6.07, 6.45) is 0. The number of aryl methyl sites for hydroxylation is 1. The number of amides is 3. The maximum Gasteiger partial charge on any atom is 0.273 e. The maximum atomic E-state index is 14.0. The van der Waals surface area contributed by atoms with Crippen LogP contribution in [0.25, 0.3) is 0 Å². The standard InChI is InChI=1S/C27H24ClN5O3S/c1-16-7-13-20(14-8-16)33(27(36)24-21(29)22(25(30)34)32-37-24)23(18-9-11-19(28)12-10-18)26(35)31-15-17-5-3-2-4-6-17/h2-14,23H,15,29H2,1H3,(H2,30,34)(H,31,35)/t23-/m0/s1. The van der Waals surface area contributed by atoms with Gasteiger partial charge in [-0.2, -0.15) is 4.37 Å². The van der Waals surface area contributed by atoms with E-state index < -0.39 is 23.8 Å². The first kappa shape index (κ1) is 25.9. The number of nitrogen functional groups attached to an aromatic ring is 1. The van der Waals surface area contributed by atoms with Crippen LogP contribution >= 0.6 is 23.1 Å². The van der Waals surface area contributed by atoms with Gasteiger partial charge in [-0.1, -0.05) is 71.8 Å². The zero-order valence-corrected chi connectivity index (χ0v) is 21.4. The summed E-state index contributed by atoms with van der Waals surface area (Å²) in [5.41, 5.74) is 14.0. The zero-order chi connectivity index (χ0) is 26.5. The third kappa shape index (κ3) is 5.79. The van der Waals surface area contributed by atoms with Crippen molar-refractivity contribution in [1.29, 1.82) is 0 Å². The molecule has 0 spiro atoms. The predicted molar refractivity (Wildman–Crippen MR) is 146 cm³/mol. The van der Waals surface area contributed by atoms with Gasteiger partial charge in [-0.15, -0.1) is 0 Å². The summed E-state index contributed by atoms with van der Waals surface area (Å²) >= 11 is 6.87. The summed E-state index contributed by atoms with van der Waals surface area (Å²) < 4.78 is 3.97. The molecule has 0 aliphatic carbocycles. The molecule has 3 amide bonds. The van der Waals surface area contributed by atoms with Gasteiger partial charge in [0.2, 0.25) is 5.91 Å². The van der Waals surface area contributed by atoms with Crippen molar-refractivity contribution < 1.29 is 14.4 Å². The van der Waals surface area contributed by atoms with E-state index in [2.05, 4.69) is 9.69 Å². The quantitative estimate of drug-likeness (QED) is 0.307. The number of anilines is 2. The molecule has 0 bridgehead atoms. The van der Waals surface area contributed by atoms with Crippen molar-refractivity contribution in [1.82, 2.24) is 9.69 Å². The highest BCUT2D eigenvalue weighted by Gasteiger charge is 2.36. The van der Waals surface area contributed by atoms with Crippen LogP contribution in [0.15, 0.2) is 78.9 Å². The number of hydrogen-bond acceptors (Lipinski definition) is 6. The Hall–Kier alpha value is -4.21. The molecule has 0 aliphatic heterocycles. The molecular formula is C27H24ClN5O3S. The fourth-order valence-electron chi connectivity index (χ4n) is 3.77. The maximum absolute atomic E-state index is 14.0. The van der Waals surface area contributed by atoms with Crippen LogP contribution in [0.5, 0.6) is 0 Å². The Bertz CT molecular complexity index is 1420. The van der Waals surface area contributed by atoms with Crippen molar-refractivity contribution >= 4 is 52.2 Å². The Morgan fingerprint density at radius 2 is 1.65 bits per heavy atom. The summed E-state index contributed by atoms with van der Waals surface area (Å²) in [7, 11) is 0. The minimum absolute atomic E-state index is 0.00389. The fraction of sp³-hybridized carbons (Fsp3) is 0.111. The second-order valence-corrected chi connectivity index (χ2v) is 9.52. The fourth-order valence-corrected chi connectivity index (χ4v) is 4.64. The Balaban J connectivity index is 1.82. The van der Waals surface area contributed by atoms with Crippen LogP contribution in [-0.4, -0.2) is 22.1 Å². The van der Waals surface area contributed by atoms with E-state index in [1.54, 1.807) is 36.4 Å². The number of aromatic nitrogens is 1. The van der Waals surface area contributed by atoms with Crippen molar-refractivity contribution in [3.63, 3.8) is 0 Å². The number of nitrogens with one attached hydrogen (secondary N) is 1. The number of nitrogens with zero attached hydrogens (tertiary/aromatic N) is 2. The number of halogens is 1.